The zero-order valence-corrected chi connectivity index (χ0v) is 30.4. The Kier molecular flexibility index (Phi) is 8.53. The molecule has 52 heavy (non-hydrogen) atoms. The minimum Gasteiger partial charge on any atom is -0.508 e. The van der Waals surface area contributed by atoms with Gasteiger partial charge in [-0.25, -0.2) is 0 Å². The maximum Gasteiger partial charge on any atom is 0.260 e. The summed E-state index contributed by atoms with van der Waals surface area (Å²) in [5.74, 6) is -5.77. The molecule has 2 aliphatic heterocycles. The molecule has 13 heteroatoms. The van der Waals surface area contributed by atoms with Gasteiger partial charge in [-0.15, -0.1) is 0 Å². The first-order valence-corrected chi connectivity index (χ1v) is 18.0. The van der Waals surface area contributed by atoms with Gasteiger partial charge in [-0.1, -0.05) is 70.2 Å². The van der Waals surface area contributed by atoms with Crippen LogP contribution in [0.2, 0.25) is 20.1 Å². The molecule has 3 fully saturated rings. The number of carbonyl (C=O) groups excluding carboxylic acids is 4. The number of amides is 4. The van der Waals surface area contributed by atoms with E-state index in [-0.39, 0.29) is 35.2 Å². The number of allylic oxidation sites excluding steroid dienone is 2. The number of aromatic hydroxyl groups is 1. The van der Waals surface area contributed by atoms with Crippen molar-refractivity contribution >= 4 is 81.4 Å². The molecular formula is C39H29Cl4N3O6. The number of phenols is 1. The maximum absolute atomic E-state index is 15.3. The van der Waals surface area contributed by atoms with Crippen LogP contribution in [-0.4, -0.2) is 40.9 Å². The monoisotopic (exact) mass is 775 g/mol. The van der Waals surface area contributed by atoms with Gasteiger partial charge in [0.2, 0.25) is 11.8 Å². The van der Waals surface area contributed by atoms with Crippen molar-refractivity contribution in [2.75, 3.05) is 17.4 Å². The molecule has 2 saturated heterocycles. The molecule has 0 radical (unpaired) electrons. The Morgan fingerprint density at radius 3 is 2.15 bits per heavy atom. The second kappa shape index (κ2) is 12.8. The van der Waals surface area contributed by atoms with E-state index >= 15 is 4.79 Å². The minimum atomic E-state index is -1.64. The molecular weight excluding hydrogens is 748 g/mol. The number of benzene rings is 4. The van der Waals surface area contributed by atoms with E-state index < -0.39 is 52.7 Å². The van der Waals surface area contributed by atoms with Crippen LogP contribution in [0.1, 0.15) is 29.9 Å². The van der Waals surface area contributed by atoms with Gasteiger partial charge in [0, 0.05) is 26.5 Å². The molecule has 6 atom stereocenters. The van der Waals surface area contributed by atoms with Crippen LogP contribution in [-0.2, 0) is 24.6 Å². The third-order valence-corrected chi connectivity index (χ3v) is 12.0. The molecule has 2 N–H and O–H groups in total. The fraction of sp³-hybridized carbons (Fsp3) is 0.231. The molecule has 8 rings (SSSR count). The summed E-state index contributed by atoms with van der Waals surface area (Å²) in [7, 11) is 1.52. The molecule has 1 saturated carbocycles. The number of anilines is 2. The lowest BCUT2D eigenvalue weighted by atomic mass is 9.49. The van der Waals surface area contributed by atoms with E-state index in [4.69, 9.17) is 51.1 Å². The standard InChI is InChI=1S/C39H29Cl4N3O6/c1-52-24-10-2-19(3-11-24)39-29(36(49)46(38(39)51)44-31-14-6-22(42)17-30(31)43)18-27-25(34(39)28-16-21(41)7-15-32(28)47)12-13-26-33(27)37(50)45(35(26)48)23-8-4-20(40)5-9-23/h2-12,14-17,26-27,29,33-34,44,47H,13,18H2,1H3/t26-,27+,29-,33-,34+,39+/m0/s1. The van der Waals surface area contributed by atoms with Crippen LogP contribution in [0.15, 0.2) is 96.6 Å². The van der Waals surface area contributed by atoms with Crippen molar-refractivity contribution in [2.24, 2.45) is 23.7 Å². The topological polar surface area (TPSA) is 116 Å². The van der Waals surface area contributed by atoms with Crippen LogP contribution < -0.4 is 15.1 Å². The van der Waals surface area contributed by atoms with Crippen molar-refractivity contribution in [3.63, 3.8) is 0 Å². The average Bonchev–Trinajstić information content (AvgIpc) is 3.51. The Hall–Kier alpha value is -4.54. The number of imide groups is 2. The first kappa shape index (κ1) is 34.5. The van der Waals surface area contributed by atoms with Gasteiger partial charge >= 0.3 is 0 Å². The molecule has 2 heterocycles. The van der Waals surface area contributed by atoms with E-state index in [9.17, 15) is 19.5 Å². The molecule has 264 valence electrons. The molecule has 4 amide bonds. The summed E-state index contributed by atoms with van der Waals surface area (Å²) in [6.07, 6.45) is 2.16. The lowest BCUT2D eigenvalue weighted by Crippen LogP contribution is -2.53. The number of carbonyl (C=O) groups is 4. The number of phenolic OH excluding ortho intramolecular Hbond substituents is 1. The number of rotatable bonds is 6. The SMILES string of the molecule is COc1ccc([C@@]23C(=O)N(Nc4ccc(Cl)cc4Cl)C(=O)[C@@H]2C[C@@H]2C(=CC[C@@H]4C(=O)N(c5ccc(Cl)cc5)C(=O)[C@@H]42)[C@@H]3c2cc(Cl)ccc2O)cc1. The summed E-state index contributed by atoms with van der Waals surface area (Å²) in [4.78, 5) is 59.8. The predicted octanol–water partition coefficient (Wildman–Crippen LogP) is 8.20. The van der Waals surface area contributed by atoms with Crippen LogP contribution in [0.3, 0.4) is 0 Å². The van der Waals surface area contributed by atoms with Gasteiger partial charge in [-0.05, 0) is 97.1 Å². The van der Waals surface area contributed by atoms with Crippen molar-refractivity contribution in [3.8, 4) is 11.5 Å². The summed E-state index contributed by atoms with van der Waals surface area (Å²) in [6, 6.07) is 22.6. The Morgan fingerprint density at radius 2 is 1.46 bits per heavy atom. The molecule has 0 aromatic heterocycles. The first-order valence-electron chi connectivity index (χ1n) is 16.5. The zero-order chi connectivity index (χ0) is 36.6. The fourth-order valence-corrected chi connectivity index (χ4v) is 9.55. The number of nitrogens with zero attached hydrogens (tertiary/aromatic N) is 2. The molecule has 4 aliphatic rings. The van der Waals surface area contributed by atoms with Crippen molar-refractivity contribution in [2.45, 2.75) is 24.2 Å². The number of hydrazine groups is 1. The molecule has 0 spiro atoms. The predicted molar refractivity (Wildman–Crippen MR) is 198 cm³/mol. The highest BCUT2D eigenvalue weighted by atomic mass is 35.5. The molecule has 4 aromatic rings. The summed E-state index contributed by atoms with van der Waals surface area (Å²) in [6.45, 7) is 0. The molecule has 9 nitrogen and oxygen atoms in total. The summed E-state index contributed by atoms with van der Waals surface area (Å²) in [5, 5.41) is 13.8. The fourth-order valence-electron chi connectivity index (χ4n) is 8.79. The van der Waals surface area contributed by atoms with Gasteiger partial charge in [0.1, 0.15) is 11.5 Å². The Labute approximate surface area is 318 Å². The van der Waals surface area contributed by atoms with E-state index in [0.29, 0.717) is 43.2 Å². The molecule has 4 aromatic carbocycles. The largest absolute Gasteiger partial charge is 0.508 e. The minimum absolute atomic E-state index is 0.0570. The van der Waals surface area contributed by atoms with Gasteiger partial charge in [0.15, 0.2) is 0 Å². The number of nitrogens with one attached hydrogen (secondary N) is 1. The molecule has 0 unspecified atom stereocenters. The highest BCUT2D eigenvalue weighted by Crippen LogP contribution is 2.65. The Morgan fingerprint density at radius 1 is 0.788 bits per heavy atom. The smallest absolute Gasteiger partial charge is 0.260 e. The quantitative estimate of drug-likeness (QED) is 0.150. The lowest BCUT2D eigenvalue weighted by molar-refractivity contribution is -0.138. The van der Waals surface area contributed by atoms with E-state index in [1.165, 1.54) is 30.2 Å². The van der Waals surface area contributed by atoms with Gasteiger partial charge in [-0.2, -0.15) is 5.01 Å². The van der Waals surface area contributed by atoms with E-state index in [1.807, 2.05) is 6.08 Å². The molecule has 2 aliphatic carbocycles. The van der Waals surface area contributed by atoms with Crippen LogP contribution >= 0.6 is 46.4 Å². The third kappa shape index (κ3) is 5.12. The van der Waals surface area contributed by atoms with Crippen LogP contribution in [0.25, 0.3) is 0 Å². The summed E-state index contributed by atoms with van der Waals surface area (Å²) in [5.41, 5.74) is 3.44. The number of hydrogen-bond donors (Lipinski definition) is 2. The van der Waals surface area contributed by atoms with E-state index in [0.717, 1.165) is 5.01 Å². The second-order valence-corrected chi connectivity index (χ2v) is 15.1. The maximum atomic E-state index is 15.3. The van der Waals surface area contributed by atoms with Crippen molar-refractivity contribution in [1.29, 1.82) is 0 Å². The first-order chi connectivity index (χ1) is 24.9. The lowest BCUT2D eigenvalue weighted by Gasteiger charge is -2.50. The van der Waals surface area contributed by atoms with E-state index in [1.54, 1.807) is 66.7 Å². The highest BCUT2D eigenvalue weighted by molar-refractivity contribution is 6.36. The second-order valence-electron chi connectivity index (χ2n) is 13.4. The van der Waals surface area contributed by atoms with Crippen molar-refractivity contribution in [3.05, 3.63) is 128 Å². The third-order valence-electron chi connectivity index (χ3n) is 11.0. The molecule has 0 bridgehead atoms. The number of methoxy groups -OCH3 is 1. The van der Waals surface area contributed by atoms with E-state index in [2.05, 4.69) is 5.43 Å². The van der Waals surface area contributed by atoms with Crippen LogP contribution in [0.4, 0.5) is 11.4 Å². The Balaban J connectivity index is 1.34. The van der Waals surface area contributed by atoms with Gasteiger partial charge < -0.3 is 9.84 Å². The number of fused-ring (bicyclic) bond motifs is 4. The zero-order valence-electron chi connectivity index (χ0n) is 27.4. The normalized spacial score (nSPS) is 26.6. The number of ether oxygens (including phenoxy) is 1. The van der Waals surface area contributed by atoms with Gasteiger partial charge in [0.05, 0.1) is 46.7 Å². The van der Waals surface area contributed by atoms with Crippen LogP contribution in [0, 0.1) is 23.7 Å². The number of hydrogen-bond acceptors (Lipinski definition) is 7. The van der Waals surface area contributed by atoms with Crippen molar-refractivity contribution < 1.29 is 29.0 Å². The Bertz CT molecular complexity index is 2210. The summed E-state index contributed by atoms with van der Waals surface area (Å²) >= 11 is 25.4. The van der Waals surface area contributed by atoms with Crippen LogP contribution in [0.5, 0.6) is 11.5 Å². The van der Waals surface area contributed by atoms with Crippen molar-refractivity contribution in [1.82, 2.24) is 5.01 Å². The average molecular weight is 777 g/mol. The highest BCUT2D eigenvalue weighted by Gasteiger charge is 2.70. The summed E-state index contributed by atoms with van der Waals surface area (Å²) < 4.78 is 5.44. The number of halogens is 4. The van der Waals surface area contributed by atoms with Gasteiger partial charge in [-0.3, -0.25) is 29.5 Å². The van der Waals surface area contributed by atoms with Gasteiger partial charge in [0.25, 0.3) is 11.8 Å².